The molecule has 1 aromatic heterocycles. The molecule has 1 saturated heterocycles. The molecule has 7 nitrogen and oxygen atoms in total. The van der Waals surface area contributed by atoms with Crippen LogP contribution in [0.25, 0.3) is 11.3 Å². The molecule has 0 radical (unpaired) electrons. The molecule has 0 aliphatic carbocycles. The number of carbonyl (C=O) groups excluding carboxylic acids is 2. The first-order valence-corrected chi connectivity index (χ1v) is 11.9. The topological polar surface area (TPSA) is 80.8 Å². The number of ether oxygens (including phenoxy) is 2. The van der Waals surface area contributed by atoms with Crippen LogP contribution in [0, 0.1) is 5.41 Å². The lowest BCUT2D eigenvalue weighted by atomic mass is 9.88. The van der Waals surface area contributed by atoms with E-state index < -0.39 is 5.41 Å². The number of amides is 1. The van der Waals surface area contributed by atoms with Crippen molar-refractivity contribution in [2.45, 2.75) is 13.3 Å². The summed E-state index contributed by atoms with van der Waals surface area (Å²) in [6.45, 7) is 2.86. The third kappa shape index (κ3) is 5.57. The van der Waals surface area contributed by atoms with Gasteiger partial charge in [-0.25, -0.2) is 0 Å². The van der Waals surface area contributed by atoms with Crippen LogP contribution in [0.4, 0.5) is 5.69 Å². The number of rotatable bonds is 8. The Balaban J connectivity index is 1.46. The molecular formula is C27H28ClN3O4. The van der Waals surface area contributed by atoms with Gasteiger partial charge in [-0.2, -0.15) is 0 Å². The van der Waals surface area contributed by atoms with Crippen LogP contribution < -0.4 is 10.1 Å². The van der Waals surface area contributed by atoms with Crippen LogP contribution in [0.15, 0.2) is 66.9 Å². The Morgan fingerprint density at radius 1 is 1.09 bits per heavy atom. The maximum atomic E-state index is 13.1. The summed E-state index contributed by atoms with van der Waals surface area (Å²) in [7, 11) is 1.83. The summed E-state index contributed by atoms with van der Waals surface area (Å²) in [5.74, 6) is 0.167. The van der Waals surface area contributed by atoms with Crippen LogP contribution in [0.2, 0.25) is 5.02 Å². The van der Waals surface area contributed by atoms with E-state index in [0.717, 1.165) is 16.9 Å². The molecule has 1 aliphatic heterocycles. The van der Waals surface area contributed by atoms with Crippen LogP contribution >= 0.6 is 11.6 Å². The number of halogens is 1. The molecule has 2 aromatic carbocycles. The van der Waals surface area contributed by atoms with Gasteiger partial charge in [0, 0.05) is 43.1 Å². The molecule has 2 heterocycles. The molecule has 35 heavy (non-hydrogen) atoms. The normalized spacial score (nSPS) is 17.2. The number of benzene rings is 2. The van der Waals surface area contributed by atoms with Gasteiger partial charge in [-0.1, -0.05) is 11.6 Å². The number of likely N-dealkylation sites (tertiary alicyclic amines) is 1. The van der Waals surface area contributed by atoms with Gasteiger partial charge in [0.05, 0.1) is 17.3 Å². The second-order valence-electron chi connectivity index (χ2n) is 8.48. The molecule has 1 fully saturated rings. The number of pyridine rings is 1. The minimum Gasteiger partial charge on any atom is -0.492 e. The average Bonchev–Trinajstić information content (AvgIpc) is 3.34. The van der Waals surface area contributed by atoms with Crippen molar-refractivity contribution in [3.63, 3.8) is 0 Å². The first-order valence-electron chi connectivity index (χ1n) is 11.5. The van der Waals surface area contributed by atoms with E-state index in [1.807, 2.05) is 49.5 Å². The van der Waals surface area contributed by atoms with Crippen molar-refractivity contribution in [2.24, 2.45) is 5.41 Å². The smallest absolute Gasteiger partial charge is 0.317 e. The standard InChI is InChI=1S/C27H28ClN3O4/c1-3-34-26(33)27(14-15-31(17-27)25(32)20-4-9-22(29-2)10-5-20)18-35-23-11-6-19(7-12-23)24-13-8-21(28)16-30-24/h4-13,16,29H,3,14-15,17-18H2,1-2H3. The molecular weight excluding hydrogens is 466 g/mol. The Labute approximate surface area is 210 Å². The minimum atomic E-state index is -0.924. The van der Waals surface area contributed by atoms with Gasteiger partial charge in [0.25, 0.3) is 5.91 Å². The van der Waals surface area contributed by atoms with Gasteiger partial charge in [0.1, 0.15) is 17.8 Å². The zero-order chi connectivity index (χ0) is 24.8. The fourth-order valence-corrected chi connectivity index (χ4v) is 4.24. The lowest BCUT2D eigenvalue weighted by Crippen LogP contribution is -2.42. The van der Waals surface area contributed by atoms with Crippen LogP contribution in [0.3, 0.4) is 0 Å². The van der Waals surface area contributed by atoms with Gasteiger partial charge in [0.15, 0.2) is 0 Å². The molecule has 1 N–H and O–H groups in total. The first kappa shape index (κ1) is 24.5. The molecule has 1 atom stereocenters. The highest BCUT2D eigenvalue weighted by Gasteiger charge is 2.48. The maximum absolute atomic E-state index is 13.1. The number of nitrogens with zero attached hydrogens (tertiary/aromatic N) is 2. The first-order chi connectivity index (χ1) is 16.9. The molecule has 0 spiro atoms. The van der Waals surface area contributed by atoms with E-state index in [4.69, 9.17) is 21.1 Å². The predicted molar refractivity (Wildman–Crippen MR) is 136 cm³/mol. The highest BCUT2D eigenvalue weighted by atomic mass is 35.5. The predicted octanol–water partition coefficient (Wildman–Crippen LogP) is 4.92. The summed E-state index contributed by atoms with van der Waals surface area (Å²) in [5.41, 5.74) is 2.31. The van der Waals surface area contributed by atoms with Gasteiger partial charge < -0.3 is 19.7 Å². The number of aromatic nitrogens is 1. The Bertz CT molecular complexity index is 1170. The molecule has 1 unspecified atom stereocenters. The van der Waals surface area contributed by atoms with E-state index in [9.17, 15) is 9.59 Å². The van der Waals surface area contributed by atoms with E-state index >= 15 is 0 Å². The number of carbonyl (C=O) groups is 2. The quantitative estimate of drug-likeness (QED) is 0.449. The van der Waals surface area contributed by atoms with E-state index in [1.165, 1.54) is 0 Å². The number of hydrogen-bond acceptors (Lipinski definition) is 6. The zero-order valence-corrected chi connectivity index (χ0v) is 20.5. The zero-order valence-electron chi connectivity index (χ0n) is 19.8. The summed E-state index contributed by atoms with van der Waals surface area (Å²) < 4.78 is 11.4. The number of esters is 1. The summed E-state index contributed by atoms with van der Waals surface area (Å²) in [6, 6.07) is 18.4. The Hall–Kier alpha value is -3.58. The van der Waals surface area contributed by atoms with Crippen LogP contribution in [0.1, 0.15) is 23.7 Å². The highest BCUT2D eigenvalue weighted by Crippen LogP contribution is 2.34. The monoisotopic (exact) mass is 493 g/mol. The lowest BCUT2D eigenvalue weighted by molar-refractivity contribution is -0.156. The summed E-state index contributed by atoms with van der Waals surface area (Å²) in [6.07, 6.45) is 2.07. The summed E-state index contributed by atoms with van der Waals surface area (Å²) in [4.78, 5) is 32.1. The SMILES string of the molecule is CCOC(=O)C1(COc2ccc(-c3ccc(Cl)cn3)cc2)CCN(C(=O)c2ccc(NC)cc2)C1. The molecule has 3 aromatic rings. The largest absolute Gasteiger partial charge is 0.492 e. The molecule has 8 heteroatoms. The Morgan fingerprint density at radius 2 is 1.83 bits per heavy atom. The minimum absolute atomic E-state index is 0.112. The Morgan fingerprint density at radius 3 is 2.46 bits per heavy atom. The molecule has 4 rings (SSSR count). The van der Waals surface area contributed by atoms with Gasteiger partial charge in [0.2, 0.25) is 0 Å². The summed E-state index contributed by atoms with van der Waals surface area (Å²) >= 11 is 5.92. The van der Waals surface area contributed by atoms with Crippen LogP contribution in [0.5, 0.6) is 5.75 Å². The third-order valence-corrected chi connectivity index (χ3v) is 6.39. The molecule has 1 aliphatic rings. The molecule has 1 amide bonds. The number of nitrogens with one attached hydrogen (secondary N) is 1. The van der Waals surface area contributed by atoms with Gasteiger partial charge in [-0.05, 0) is 74.0 Å². The van der Waals surface area contributed by atoms with Crippen molar-refractivity contribution in [3.8, 4) is 17.0 Å². The van der Waals surface area contributed by atoms with E-state index in [-0.39, 0.29) is 31.6 Å². The van der Waals surface area contributed by atoms with Gasteiger partial charge in [-0.15, -0.1) is 0 Å². The van der Waals surface area contributed by atoms with Crippen molar-refractivity contribution in [3.05, 3.63) is 77.4 Å². The highest BCUT2D eigenvalue weighted by molar-refractivity contribution is 6.30. The fourth-order valence-electron chi connectivity index (χ4n) is 4.13. The molecule has 182 valence electrons. The van der Waals surface area contributed by atoms with E-state index in [0.29, 0.717) is 29.3 Å². The second kappa shape index (κ2) is 10.8. The number of hydrogen-bond donors (Lipinski definition) is 1. The van der Waals surface area contributed by atoms with Crippen molar-refractivity contribution in [1.29, 1.82) is 0 Å². The third-order valence-electron chi connectivity index (χ3n) is 6.16. The van der Waals surface area contributed by atoms with Gasteiger partial charge >= 0.3 is 5.97 Å². The fraction of sp³-hybridized carbons (Fsp3) is 0.296. The van der Waals surface area contributed by atoms with E-state index in [1.54, 1.807) is 36.2 Å². The average molecular weight is 494 g/mol. The molecule has 0 bridgehead atoms. The van der Waals surface area contributed by atoms with Crippen molar-refractivity contribution < 1.29 is 19.1 Å². The van der Waals surface area contributed by atoms with Crippen LogP contribution in [-0.2, 0) is 9.53 Å². The Kier molecular flexibility index (Phi) is 7.56. The van der Waals surface area contributed by atoms with Crippen molar-refractivity contribution in [2.75, 3.05) is 38.7 Å². The van der Waals surface area contributed by atoms with Crippen molar-refractivity contribution in [1.82, 2.24) is 9.88 Å². The van der Waals surface area contributed by atoms with Crippen molar-refractivity contribution >= 4 is 29.2 Å². The van der Waals surface area contributed by atoms with Crippen LogP contribution in [-0.4, -0.2) is 55.1 Å². The lowest BCUT2D eigenvalue weighted by Gasteiger charge is -2.27. The maximum Gasteiger partial charge on any atom is 0.317 e. The number of anilines is 1. The van der Waals surface area contributed by atoms with Gasteiger partial charge in [-0.3, -0.25) is 14.6 Å². The van der Waals surface area contributed by atoms with E-state index in [2.05, 4.69) is 10.3 Å². The second-order valence-corrected chi connectivity index (χ2v) is 8.92. The molecule has 0 saturated carbocycles. The summed E-state index contributed by atoms with van der Waals surface area (Å²) in [5, 5.41) is 3.62.